The molecule has 0 saturated carbocycles. The van der Waals surface area contributed by atoms with E-state index in [0.717, 1.165) is 0 Å². The first kappa shape index (κ1) is 7.39. The van der Waals surface area contributed by atoms with E-state index in [1.54, 1.807) is 18.3 Å². The summed E-state index contributed by atoms with van der Waals surface area (Å²) in [5.74, 6) is 0. The van der Waals surface area contributed by atoms with Gasteiger partial charge in [0.2, 0.25) is 0 Å². The molecule has 0 aliphatic carbocycles. The third kappa shape index (κ3) is 1.23. The molecule has 1 aromatic heterocycles. The maximum Gasteiger partial charge on any atom is 0.167 e. The quantitative estimate of drug-likeness (QED) is 0.500. The molecule has 10 heavy (non-hydrogen) atoms. The van der Waals surface area contributed by atoms with E-state index in [2.05, 4.69) is 3.64 Å². The van der Waals surface area contributed by atoms with Crippen molar-refractivity contribution >= 4 is 28.6 Å². The van der Waals surface area contributed by atoms with E-state index in [4.69, 9.17) is 11.1 Å². The van der Waals surface area contributed by atoms with E-state index < -0.39 is 0 Å². The maximum absolute atomic E-state index is 7.37. The number of halogens is 1. The zero-order valence-electron chi connectivity index (χ0n) is 5.13. The lowest BCUT2D eigenvalue weighted by atomic mass is 10.4. The monoisotopic (exact) mass is 250 g/mol. The molecule has 1 rings (SSSR count). The zero-order valence-corrected chi connectivity index (χ0v) is 7.29. The lowest BCUT2D eigenvalue weighted by molar-refractivity contribution is 0.897. The van der Waals surface area contributed by atoms with Gasteiger partial charge in [0.25, 0.3) is 0 Å². The second-order valence-corrected chi connectivity index (χ2v) is 2.25. The van der Waals surface area contributed by atoms with Crippen LogP contribution in [0.15, 0.2) is 18.3 Å². The summed E-state index contributed by atoms with van der Waals surface area (Å²) in [7, 11) is 0. The number of pyridine rings is 1. The number of anilines is 1. The highest BCUT2D eigenvalue weighted by Crippen LogP contribution is 1.89. The van der Waals surface area contributed by atoms with Crippen molar-refractivity contribution in [2.45, 2.75) is 0 Å². The molecule has 0 aromatic carbocycles. The van der Waals surface area contributed by atoms with Gasteiger partial charge in [-0.15, -0.1) is 0 Å². The molecule has 0 unspecified atom stereocenters. The number of nitrogens with zero attached hydrogens (tertiary/aromatic N) is 1. The molecule has 1 heterocycles. The molecule has 0 fully saturated rings. The summed E-state index contributed by atoms with van der Waals surface area (Å²) in [4.78, 5) is 0. The average molecular weight is 250 g/mol. The molecule has 0 aliphatic heterocycles. The van der Waals surface area contributed by atoms with Crippen LogP contribution in [0.5, 0.6) is 0 Å². The SMILES string of the molecule is N=c1c(N)cccn1NI. The van der Waals surface area contributed by atoms with Crippen molar-refractivity contribution in [2.24, 2.45) is 0 Å². The average Bonchev–Trinajstić information content (AvgIpc) is 1.95. The third-order valence-corrected chi connectivity index (χ3v) is 1.64. The number of nitrogens with two attached hydrogens (primary N) is 1. The Hall–Kier alpha value is -0.720. The number of nitrogens with one attached hydrogen (secondary N) is 2. The van der Waals surface area contributed by atoms with Crippen molar-refractivity contribution < 1.29 is 0 Å². The number of nitrogen functional groups attached to an aromatic ring is 1. The Labute approximate surface area is 72.0 Å². The first-order valence-electron chi connectivity index (χ1n) is 2.64. The van der Waals surface area contributed by atoms with Gasteiger partial charge in [-0.05, 0) is 12.1 Å². The van der Waals surface area contributed by atoms with Crippen molar-refractivity contribution in [1.29, 1.82) is 5.41 Å². The van der Waals surface area contributed by atoms with Crippen molar-refractivity contribution in [3.05, 3.63) is 23.8 Å². The van der Waals surface area contributed by atoms with Gasteiger partial charge in [-0.25, -0.2) is 4.68 Å². The summed E-state index contributed by atoms with van der Waals surface area (Å²) < 4.78 is 4.28. The van der Waals surface area contributed by atoms with Crippen LogP contribution in [0.4, 0.5) is 5.69 Å². The summed E-state index contributed by atoms with van der Waals surface area (Å²) in [6.07, 6.45) is 1.73. The number of aromatic nitrogens is 1. The van der Waals surface area contributed by atoms with Crippen LogP contribution in [-0.2, 0) is 0 Å². The van der Waals surface area contributed by atoms with E-state index in [1.165, 1.54) is 4.68 Å². The van der Waals surface area contributed by atoms with Gasteiger partial charge in [0.05, 0.1) is 28.6 Å². The van der Waals surface area contributed by atoms with Crippen LogP contribution in [0.2, 0.25) is 0 Å². The van der Waals surface area contributed by atoms with Gasteiger partial charge < -0.3 is 5.73 Å². The predicted molar refractivity (Wildman–Crippen MR) is 48.1 cm³/mol. The van der Waals surface area contributed by atoms with Crippen LogP contribution in [0.25, 0.3) is 0 Å². The van der Waals surface area contributed by atoms with Crippen LogP contribution in [0.1, 0.15) is 0 Å². The van der Waals surface area contributed by atoms with Gasteiger partial charge in [0, 0.05) is 6.20 Å². The largest absolute Gasteiger partial charge is 0.396 e. The fraction of sp³-hybridized carbons (Fsp3) is 0. The molecular weight excluding hydrogens is 243 g/mol. The second kappa shape index (κ2) is 2.91. The smallest absolute Gasteiger partial charge is 0.167 e. The topological polar surface area (TPSA) is 66.8 Å². The molecule has 0 saturated heterocycles. The molecule has 54 valence electrons. The van der Waals surface area contributed by atoms with Gasteiger partial charge in [-0.1, -0.05) is 0 Å². The summed E-state index contributed by atoms with van der Waals surface area (Å²) in [6, 6.07) is 3.46. The maximum atomic E-state index is 7.37. The Morgan fingerprint density at radius 2 is 2.40 bits per heavy atom. The zero-order chi connectivity index (χ0) is 7.56. The molecule has 0 spiro atoms. The van der Waals surface area contributed by atoms with Crippen molar-refractivity contribution in [3.63, 3.8) is 0 Å². The molecule has 4 nitrogen and oxygen atoms in total. The van der Waals surface area contributed by atoms with Crippen molar-refractivity contribution in [2.75, 3.05) is 9.37 Å². The van der Waals surface area contributed by atoms with Crippen molar-refractivity contribution in [3.8, 4) is 0 Å². The normalized spacial score (nSPS) is 9.30. The molecule has 4 N–H and O–H groups in total. The molecule has 0 amide bonds. The van der Waals surface area contributed by atoms with E-state index in [0.29, 0.717) is 5.69 Å². The molecule has 5 heteroatoms. The van der Waals surface area contributed by atoms with Gasteiger partial charge >= 0.3 is 0 Å². The Kier molecular flexibility index (Phi) is 2.15. The van der Waals surface area contributed by atoms with Crippen LogP contribution >= 0.6 is 22.9 Å². The summed E-state index contributed by atoms with van der Waals surface area (Å²) >= 11 is 1.93. The molecule has 0 radical (unpaired) electrons. The van der Waals surface area contributed by atoms with Gasteiger partial charge in [0.15, 0.2) is 5.49 Å². The lowest BCUT2D eigenvalue weighted by Gasteiger charge is -2.03. The predicted octanol–water partition coefficient (Wildman–Crippen LogP) is 0.443. The van der Waals surface area contributed by atoms with Gasteiger partial charge in [-0.3, -0.25) is 9.05 Å². The van der Waals surface area contributed by atoms with Crippen LogP contribution < -0.4 is 14.9 Å². The summed E-state index contributed by atoms with van der Waals surface area (Å²) in [5, 5.41) is 7.37. The molecule has 0 bridgehead atoms. The Balaban J connectivity index is 3.28. The second-order valence-electron chi connectivity index (χ2n) is 1.77. The lowest BCUT2D eigenvalue weighted by Crippen LogP contribution is -2.24. The van der Waals surface area contributed by atoms with Crippen LogP contribution in [0, 0.1) is 5.41 Å². The Bertz CT molecular complexity index is 279. The van der Waals surface area contributed by atoms with E-state index in [9.17, 15) is 0 Å². The summed E-state index contributed by atoms with van der Waals surface area (Å²) in [5.41, 5.74) is 6.18. The third-order valence-electron chi connectivity index (χ3n) is 1.12. The molecule has 0 atom stereocenters. The molecule has 0 aliphatic rings. The standard InChI is InChI=1S/C5H7IN4/c6-9-10-3-1-2-4(7)5(10)8/h1-3,8-9H,7H2. The van der Waals surface area contributed by atoms with Crippen LogP contribution in [0.3, 0.4) is 0 Å². The first-order valence-corrected chi connectivity index (χ1v) is 3.72. The highest BCUT2D eigenvalue weighted by atomic mass is 127. The molecule has 1 aromatic rings. The highest BCUT2D eigenvalue weighted by molar-refractivity contribution is 14.1. The number of hydrogen-bond acceptors (Lipinski definition) is 3. The van der Waals surface area contributed by atoms with Crippen LogP contribution in [-0.4, -0.2) is 4.68 Å². The minimum atomic E-state index is 0.275. The van der Waals surface area contributed by atoms with E-state index in [-0.39, 0.29) is 5.49 Å². The minimum absolute atomic E-state index is 0.275. The minimum Gasteiger partial charge on any atom is -0.396 e. The van der Waals surface area contributed by atoms with E-state index >= 15 is 0 Å². The van der Waals surface area contributed by atoms with Crippen molar-refractivity contribution in [1.82, 2.24) is 4.68 Å². The summed E-state index contributed by atoms with van der Waals surface area (Å²) in [6.45, 7) is 0. The number of rotatable bonds is 1. The first-order chi connectivity index (χ1) is 4.75. The fourth-order valence-corrected chi connectivity index (χ4v) is 0.998. The van der Waals surface area contributed by atoms with E-state index in [1.807, 2.05) is 22.9 Å². The molecular formula is C5H7IN4. The Morgan fingerprint density at radius 3 is 2.90 bits per heavy atom. The van der Waals surface area contributed by atoms with Gasteiger partial charge in [0.1, 0.15) is 0 Å². The number of hydrogen-bond donors (Lipinski definition) is 3. The van der Waals surface area contributed by atoms with Gasteiger partial charge in [-0.2, -0.15) is 0 Å². The highest BCUT2D eigenvalue weighted by Gasteiger charge is 1.90. The fourth-order valence-electron chi connectivity index (χ4n) is 0.596. The Morgan fingerprint density at radius 1 is 1.70 bits per heavy atom.